The van der Waals surface area contributed by atoms with Crippen molar-refractivity contribution < 1.29 is 4.74 Å². The van der Waals surface area contributed by atoms with Crippen LogP contribution >= 0.6 is 0 Å². The highest BCUT2D eigenvalue weighted by Gasteiger charge is 2.12. The zero-order valence-corrected chi connectivity index (χ0v) is 11.7. The van der Waals surface area contributed by atoms with E-state index in [2.05, 4.69) is 41.5 Å². The summed E-state index contributed by atoms with van der Waals surface area (Å²) in [5.41, 5.74) is 2.35. The van der Waals surface area contributed by atoms with Crippen molar-refractivity contribution in [2.75, 3.05) is 20.3 Å². The third kappa shape index (κ3) is 3.52. The van der Waals surface area contributed by atoms with Gasteiger partial charge in [-0.1, -0.05) is 25.1 Å². The highest BCUT2D eigenvalue weighted by molar-refractivity contribution is 5.82. The topological polar surface area (TPSA) is 34.1 Å². The number of nitrogens with one attached hydrogen (secondary N) is 1. The van der Waals surface area contributed by atoms with Crippen molar-refractivity contribution in [1.29, 1.82) is 0 Å². The van der Waals surface area contributed by atoms with Gasteiger partial charge in [0.1, 0.15) is 0 Å². The fraction of sp³-hybridized carbons (Fsp3) is 0.438. The van der Waals surface area contributed by atoms with Crippen molar-refractivity contribution in [1.82, 2.24) is 10.3 Å². The number of ether oxygens (including phenoxy) is 1. The molecule has 1 aromatic heterocycles. The van der Waals surface area contributed by atoms with E-state index in [1.54, 1.807) is 0 Å². The van der Waals surface area contributed by atoms with Crippen molar-refractivity contribution in [2.24, 2.45) is 0 Å². The van der Waals surface area contributed by atoms with E-state index in [9.17, 15) is 0 Å². The van der Waals surface area contributed by atoms with Gasteiger partial charge in [0.2, 0.25) is 0 Å². The van der Waals surface area contributed by atoms with Crippen LogP contribution in [-0.2, 0) is 4.74 Å². The Kier molecular flexibility index (Phi) is 5.31. The summed E-state index contributed by atoms with van der Waals surface area (Å²) in [4.78, 5) is 4.41. The molecule has 0 aliphatic carbocycles. The van der Waals surface area contributed by atoms with E-state index >= 15 is 0 Å². The molecule has 0 fully saturated rings. The highest BCUT2D eigenvalue weighted by Crippen LogP contribution is 2.24. The molecule has 0 saturated heterocycles. The quantitative estimate of drug-likeness (QED) is 0.774. The third-order valence-corrected chi connectivity index (χ3v) is 3.30. The van der Waals surface area contributed by atoms with E-state index in [0.717, 1.165) is 31.6 Å². The maximum Gasteiger partial charge on any atom is 0.0705 e. The zero-order valence-electron chi connectivity index (χ0n) is 11.7. The second kappa shape index (κ2) is 7.22. The van der Waals surface area contributed by atoms with Crippen LogP contribution in [0.5, 0.6) is 0 Å². The Bertz CT molecular complexity index is 508. The maximum absolute atomic E-state index is 5.59. The van der Waals surface area contributed by atoms with E-state index in [1.807, 2.05) is 19.3 Å². The molecule has 1 aromatic carbocycles. The van der Waals surface area contributed by atoms with Gasteiger partial charge in [-0.3, -0.25) is 4.98 Å². The number of rotatable bonds is 7. The Labute approximate surface area is 115 Å². The van der Waals surface area contributed by atoms with Crippen molar-refractivity contribution in [3.05, 3.63) is 42.1 Å². The molecule has 102 valence electrons. The number of pyridine rings is 1. The summed E-state index contributed by atoms with van der Waals surface area (Å²) in [6.07, 6.45) is 3.89. The molecule has 0 aliphatic rings. The molecule has 2 aromatic rings. The Morgan fingerprint density at radius 3 is 2.89 bits per heavy atom. The molecule has 0 saturated carbocycles. The molecule has 0 spiro atoms. The fourth-order valence-corrected chi connectivity index (χ4v) is 2.33. The van der Waals surface area contributed by atoms with Gasteiger partial charge in [-0.2, -0.15) is 0 Å². The van der Waals surface area contributed by atoms with Crippen molar-refractivity contribution >= 4 is 10.9 Å². The Morgan fingerprint density at radius 2 is 2.11 bits per heavy atom. The Hall–Kier alpha value is -1.45. The summed E-state index contributed by atoms with van der Waals surface area (Å²) in [6.45, 7) is 3.76. The summed E-state index contributed by atoms with van der Waals surface area (Å²) in [5, 5.41) is 4.60. The lowest BCUT2D eigenvalue weighted by Gasteiger charge is -2.18. The van der Waals surface area contributed by atoms with Crippen LogP contribution in [0.25, 0.3) is 10.9 Å². The van der Waals surface area contributed by atoms with Crippen LogP contribution in [0.4, 0.5) is 0 Å². The Balaban J connectivity index is 2.16. The zero-order chi connectivity index (χ0) is 13.5. The van der Waals surface area contributed by atoms with Crippen LogP contribution in [0.15, 0.2) is 36.5 Å². The number of hydrogen-bond donors (Lipinski definition) is 1. The molecule has 19 heavy (non-hydrogen) atoms. The van der Waals surface area contributed by atoms with Gasteiger partial charge in [0.15, 0.2) is 0 Å². The molecule has 1 heterocycles. The minimum absolute atomic E-state index is 0.310. The number of aromatic nitrogens is 1. The van der Waals surface area contributed by atoms with Crippen LogP contribution in [0, 0.1) is 0 Å². The van der Waals surface area contributed by atoms with Gasteiger partial charge in [-0.05, 0) is 37.6 Å². The first-order valence-electron chi connectivity index (χ1n) is 6.95. The number of benzene rings is 1. The second-order valence-corrected chi connectivity index (χ2v) is 4.66. The number of nitrogens with zero attached hydrogens (tertiary/aromatic N) is 1. The van der Waals surface area contributed by atoms with Crippen LogP contribution < -0.4 is 5.32 Å². The van der Waals surface area contributed by atoms with Crippen molar-refractivity contribution in [2.45, 2.75) is 25.8 Å². The lowest BCUT2D eigenvalue weighted by Crippen LogP contribution is -2.18. The first-order chi connectivity index (χ1) is 9.36. The van der Waals surface area contributed by atoms with E-state index in [1.165, 1.54) is 10.9 Å². The monoisotopic (exact) mass is 258 g/mol. The smallest absolute Gasteiger partial charge is 0.0705 e. The summed E-state index contributed by atoms with van der Waals surface area (Å²) in [5.74, 6) is 0. The molecule has 1 unspecified atom stereocenters. The maximum atomic E-state index is 5.59. The first-order valence-corrected chi connectivity index (χ1v) is 6.95. The van der Waals surface area contributed by atoms with E-state index in [-0.39, 0.29) is 0 Å². The van der Waals surface area contributed by atoms with Crippen molar-refractivity contribution in [3.63, 3.8) is 0 Å². The molecule has 1 N–H and O–H groups in total. The molecular weight excluding hydrogens is 236 g/mol. The van der Waals surface area contributed by atoms with Gasteiger partial charge in [-0.25, -0.2) is 0 Å². The Morgan fingerprint density at radius 1 is 1.21 bits per heavy atom. The highest BCUT2D eigenvalue weighted by atomic mass is 16.5. The SMILES string of the molecule is CCCOCCC(NC)c1cccc2ncccc12. The van der Waals surface area contributed by atoms with Gasteiger partial charge >= 0.3 is 0 Å². The van der Waals surface area contributed by atoms with Crippen LogP contribution in [0.1, 0.15) is 31.4 Å². The molecule has 3 heteroatoms. The van der Waals surface area contributed by atoms with Crippen LogP contribution in [0.3, 0.4) is 0 Å². The average molecular weight is 258 g/mol. The predicted octanol–water partition coefficient (Wildman–Crippen LogP) is 3.31. The lowest BCUT2D eigenvalue weighted by atomic mass is 9.99. The molecule has 0 aliphatic heterocycles. The van der Waals surface area contributed by atoms with E-state index < -0.39 is 0 Å². The molecule has 1 atom stereocenters. The standard InChI is InChI=1S/C16H22N2O/c1-3-11-19-12-9-15(17-2)13-6-4-8-16-14(13)7-5-10-18-16/h4-8,10,15,17H,3,9,11-12H2,1-2H3. The molecule has 0 amide bonds. The average Bonchev–Trinajstić information content (AvgIpc) is 2.47. The lowest BCUT2D eigenvalue weighted by molar-refractivity contribution is 0.125. The van der Waals surface area contributed by atoms with Gasteiger partial charge < -0.3 is 10.1 Å². The summed E-state index contributed by atoms with van der Waals surface area (Å²) in [6, 6.07) is 10.7. The number of hydrogen-bond acceptors (Lipinski definition) is 3. The molecule has 3 nitrogen and oxygen atoms in total. The van der Waals surface area contributed by atoms with Gasteiger partial charge in [0.05, 0.1) is 5.52 Å². The van der Waals surface area contributed by atoms with Crippen LogP contribution in [0.2, 0.25) is 0 Å². The second-order valence-electron chi connectivity index (χ2n) is 4.66. The third-order valence-electron chi connectivity index (χ3n) is 3.30. The summed E-state index contributed by atoms with van der Waals surface area (Å²) in [7, 11) is 2.00. The molecule has 0 bridgehead atoms. The number of fused-ring (bicyclic) bond motifs is 1. The fourth-order valence-electron chi connectivity index (χ4n) is 2.33. The minimum Gasteiger partial charge on any atom is -0.381 e. The van der Waals surface area contributed by atoms with Gasteiger partial charge in [0.25, 0.3) is 0 Å². The van der Waals surface area contributed by atoms with E-state index in [4.69, 9.17) is 4.74 Å². The van der Waals surface area contributed by atoms with E-state index in [0.29, 0.717) is 6.04 Å². The molecular formula is C16H22N2O. The predicted molar refractivity (Wildman–Crippen MR) is 79.3 cm³/mol. The first kappa shape index (κ1) is 14.0. The van der Waals surface area contributed by atoms with Crippen molar-refractivity contribution in [3.8, 4) is 0 Å². The largest absolute Gasteiger partial charge is 0.381 e. The summed E-state index contributed by atoms with van der Waals surface area (Å²) < 4.78 is 5.59. The van der Waals surface area contributed by atoms with Crippen LogP contribution in [-0.4, -0.2) is 25.2 Å². The molecule has 2 rings (SSSR count). The minimum atomic E-state index is 0.310. The van der Waals surface area contributed by atoms with Gasteiger partial charge in [0, 0.05) is 30.8 Å². The normalized spacial score (nSPS) is 12.7. The summed E-state index contributed by atoms with van der Waals surface area (Å²) >= 11 is 0. The molecule has 0 radical (unpaired) electrons. The van der Waals surface area contributed by atoms with Gasteiger partial charge in [-0.15, -0.1) is 0 Å².